The van der Waals surface area contributed by atoms with Gasteiger partial charge in [0.15, 0.2) is 0 Å². The van der Waals surface area contributed by atoms with Crippen molar-refractivity contribution in [2.24, 2.45) is 17.8 Å². The summed E-state index contributed by atoms with van der Waals surface area (Å²) < 4.78 is 29.8. The molecule has 1 aromatic heterocycles. The molecule has 4 heterocycles. The maximum absolute atomic E-state index is 13.7. The number of phosphoric ester groups is 1. The van der Waals surface area contributed by atoms with Gasteiger partial charge in [0, 0.05) is 55.5 Å². The van der Waals surface area contributed by atoms with Crippen LogP contribution in [-0.4, -0.2) is 82.5 Å². The van der Waals surface area contributed by atoms with Crippen molar-refractivity contribution < 1.29 is 37.3 Å². The van der Waals surface area contributed by atoms with Crippen LogP contribution in [0.3, 0.4) is 0 Å². The van der Waals surface area contributed by atoms with Crippen molar-refractivity contribution >= 4 is 53.9 Å². The molecule has 0 aliphatic carbocycles. The van der Waals surface area contributed by atoms with Crippen LogP contribution in [0.25, 0.3) is 22.0 Å². The second kappa shape index (κ2) is 17.9. The predicted octanol–water partition coefficient (Wildman–Crippen LogP) is 7.44. The first-order valence-corrected chi connectivity index (χ1v) is 21.5. The van der Waals surface area contributed by atoms with E-state index in [1.165, 1.54) is 4.90 Å². The molecule has 3 aliphatic rings. The fourth-order valence-electron chi connectivity index (χ4n) is 7.55. The Hall–Kier alpha value is -5.01. The van der Waals surface area contributed by atoms with Crippen molar-refractivity contribution in [2.45, 2.75) is 72.4 Å². The molecular weight excluding hydrogens is 759 g/mol. The minimum atomic E-state index is -4.08. The average molecular weight is 811 g/mol. The summed E-state index contributed by atoms with van der Waals surface area (Å²) in [7, 11) is -4.08. The number of hydrogen-bond donors (Lipinski definition) is 1. The minimum Gasteiger partial charge on any atom is -0.341 e. The lowest BCUT2D eigenvalue weighted by Crippen LogP contribution is -2.55. The lowest BCUT2D eigenvalue weighted by Gasteiger charge is -2.35. The van der Waals surface area contributed by atoms with Gasteiger partial charge in [-0.25, -0.2) is 14.5 Å². The quantitative estimate of drug-likeness (QED) is 0.0939. The van der Waals surface area contributed by atoms with Crippen LogP contribution in [0, 0.1) is 17.8 Å². The zero-order chi connectivity index (χ0) is 41.0. The lowest BCUT2D eigenvalue weighted by molar-refractivity contribution is -0.156. The number of benzene rings is 3. The molecule has 4 amide bonds. The van der Waals surface area contributed by atoms with Crippen LogP contribution in [0.4, 0.5) is 11.6 Å². The van der Waals surface area contributed by atoms with Gasteiger partial charge in [-0.15, -0.1) is 0 Å². The first-order valence-electron chi connectivity index (χ1n) is 20.0. The Labute approximate surface area is 338 Å². The number of phosphoric acid groups is 1. The summed E-state index contributed by atoms with van der Waals surface area (Å²) in [6.07, 6.45) is 3.93. The standard InChI is InChI=1S/C43H51N6O8P/c1-28(2)25-55-58(54,56-26-29(3)4)57-27-49-40(51)15-14-38(42(49)53)48-24-32-23-33(12-13-35(32)41(48)52)45-39(50)22-30-17-20-47(21-18-30)43-44-19-16-37(46-43)36-11-7-9-31-8-5-6-10-34(31)36/h5-13,16,19,23,28-30,38H,14-15,17-18,20-22,24-27H2,1-4H3,(H,45,50). The molecule has 1 N–H and O–H groups in total. The van der Waals surface area contributed by atoms with Gasteiger partial charge in [-0.05, 0) is 77.6 Å². The summed E-state index contributed by atoms with van der Waals surface area (Å²) in [6, 6.07) is 20.6. The number of rotatable bonds is 15. The normalized spacial score (nSPS) is 17.9. The highest BCUT2D eigenvalue weighted by Gasteiger charge is 2.44. The molecule has 0 radical (unpaired) electrons. The molecule has 1 unspecified atom stereocenters. The first kappa shape index (κ1) is 41.2. The topological polar surface area (TPSA) is 161 Å². The van der Waals surface area contributed by atoms with E-state index in [1.807, 2.05) is 52.0 Å². The number of nitrogens with zero attached hydrogens (tertiary/aromatic N) is 5. The molecule has 1 atom stereocenters. The Morgan fingerprint density at radius 3 is 2.34 bits per heavy atom. The zero-order valence-electron chi connectivity index (χ0n) is 33.5. The summed E-state index contributed by atoms with van der Waals surface area (Å²) in [4.78, 5) is 67.4. The molecule has 0 saturated carbocycles. The number of piperidine rings is 2. The molecule has 2 fully saturated rings. The molecule has 2 saturated heterocycles. The third-order valence-corrected chi connectivity index (χ3v) is 12.0. The Bertz CT molecular complexity index is 2200. The monoisotopic (exact) mass is 810 g/mol. The molecule has 7 rings (SSSR count). The predicted molar refractivity (Wildman–Crippen MR) is 219 cm³/mol. The second-order valence-corrected chi connectivity index (χ2v) is 17.7. The first-order chi connectivity index (χ1) is 27.9. The van der Waals surface area contributed by atoms with Crippen LogP contribution in [-0.2, 0) is 39.1 Å². The minimum absolute atomic E-state index is 0.00531. The van der Waals surface area contributed by atoms with Crippen LogP contribution < -0.4 is 10.2 Å². The fraction of sp³-hybridized carbons (Fsp3) is 0.442. The number of hydrogen-bond acceptors (Lipinski definition) is 11. The Kier molecular flexibility index (Phi) is 12.7. The maximum atomic E-state index is 13.7. The number of imide groups is 1. The van der Waals surface area contributed by atoms with Crippen molar-refractivity contribution in [2.75, 3.05) is 43.3 Å². The van der Waals surface area contributed by atoms with E-state index in [-0.39, 0.29) is 62.2 Å². The van der Waals surface area contributed by atoms with Gasteiger partial charge < -0.3 is 15.1 Å². The van der Waals surface area contributed by atoms with Gasteiger partial charge in [-0.3, -0.25) is 37.6 Å². The van der Waals surface area contributed by atoms with Crippen molar-refractivity contribution in [3.8, 4) is 11.3 Å². The van der Waals surface area contributed by atoms with E-state index in [0.29, 0.717) is 29.2 Å². The summed E-state index contributed by atoms with van der Waals surface area (Å²) in [6.45, 7) is 8.70. The smallest absolute Gasteiger partial charge is 0.341 e. The molecule has 306 valence electrons. The Balaban J connectivity index is 0.922. The molecule has 3 aliphatic heterocycles. The SMILES string of the molecule is CC(C)COP(=O)(OCC(C)C)OCN1C(=O)CCC(N2Cc3cc(NC(=O)CC4CCN(c5nccc(-c6cccc7ccccc67)n5)CC4)ccc3C2=O)C1=O. The summed E-state index contributed by atoms with van der Waals surface area (Å²) >= 11 is 0. The number of fused-ring (bicyclic) bond motifs is 2. The molecule has 0 bridgehead atoms. The summed E-state index contributed by atoms with van der Waals surface area (Å²) in [5, 5.41) is 5.30. The fourth-order valence-corrected chi connectivity index (χ4v) is 8.99. The van der Waals surface area contributed by atoms with Crippen LogP contribution in [0.15, 0.2) is 72.9 Å². The number of amides is 4. The summed E-state index contributed by atoms with van der Waals surface area (Å²) in [5.74, 6) is -0.634. The van der Waals surface area contributed by atoms with Gasteiger partial charge >= 0.3 is 7.82 Å². The van der Waals surface area contributed by atoms with E-state index in [9.17, 15) is 23.7 Å². The van der Waals surface area contributed by atoms with E-state index in [1.54, 1.807) is 24.4 Å². The van der Waals surface area contributed by atoms with Gasteiger partial charge in [0.1, 0.15) is 12.8 Å². The molecule has 58 heavy (non-hydrogen) atoms. The molecule has 3 aromatic carbocycles. The van der Waals surface area contributed by atoms with Crippen LogP contribution in [0.2, 0.25) is 0 Å². The van der Waals surface area contributed by atoms with Gasteiger partial charge in [-0.2, -0.15) is 0 Å². The molecule has 14 nitrogen and oxygen atoms in total. The highest BCUT2D eigenvalue weighted by molar-refractivity contribution is 7.48. The Morgan fingerprint density at radius 2 is 1.60 bits per heavy atom. The van der Waals surface area contributed by atoms with E-state index in [2.05, 4.69) is 39.5 Å². The van der Waals surface area contributed by atoms with Gasteiger partial charge in [0.2, 0.25) is 17.8 Å². The number of aromatic nitrogens is 2. The Morgan fingerprint density at radius 1 is 0.879 bits per heavy atom. The summed E-state index contributed by atoms with van der Waals surface area (Å²) in [5.41, 5.74) is 3.60. The van der Waals surface area contributed by atoms with Crippen molar-refractivity contribution in [1.29, 1.82) is 0 Å². The van der Waals surface area contributed by atoms with Crippen LogP contribution in [0.5, 0.6) is 0 Å². The van der Waals surface area contributed by atoms with Crippen LogP contribution in [0.1, 0.15) is 75.7 Å². The third kappa shape index (κ3) is 9.47. The van der Waals surface area contributed by atoms with Crippen molar-refractivity contribution in [3.63, 3.8) is 0 Å². The van der Waals surface area contributed by atoms with Crippen molar-refractivity contribution in [1.82, 2.24) is 19.8 Å². The number of nitrogens with one attached hydrogen (secondary N) is 1. The van der Waals surface area contributed by atoms with Crippen molar-refractivity contribution in [3.05, 3.63) is 84.1 Å². The molecule has 15 heteroatoms. The van der Waals surface area contributed by atoms with Gasteiger partial charge in [0.25, 0.3) is 11.8 Å². The van der Waals surface area contributed by atoms with E-state index >= 15 is 0 Å². The van der Waals surface area contributed by atoms with E-state index < -0.39 is 32.4 Å². The number of anilines is 2. The highest BCUT2D eigenvalue weighted by atomic mass is 31.2. The largest absolute Gasteiger partial charge is 0.476 e. The van der Waals surface area contributed by atoms with Gasteiger partial charge in [-0.1, -0.05) is 70.2 Å². The number of carbonyl (C=O) groups is 4. The average Bonchev–Trinajstić information content (AvgIpc) is 3.54. The van der Waals surface area contributed by atoms with Gasteiger partial charge in [0.05, 0.1) is 18.9 Å². The maximum Gasteiger partial charge on any atom is 0.476 e. The van der Waals surface area contributed by atoms with E-state index in [0.717, 1.165) is 52.9 Å². The van der Waals surface area contributed by atoms with Crippen LogP contribution >= 0.6 is 7.82 Å². The number of likely N-dealkylation sites (tertiary alicyclic amines) is 1. The molecule has 0 spiro atoms. The molecule has 4 aromatic rings. The molecular formula is C43H51N6O8P. The second-order valence-electron chi connectivity index (χ2n) is 16.1. The highest BCUT2D eigenvalue weighted by Crippen LogP contribution is 2.50. The third-order valence-electron chi connectivity index (χ3n) is 10.6. The number of carbonyl (C=O) groups excluding carboxylic acids is 4. The van der Waals surface area contributed by atoms with E-state index in [4.69, 9.17) is 18.6 Å². The lowest BCUT2D eigenvalue weighted by atomic mass is 9.93. The zero-order valence-corrected chi connectivity index (χ0v) is 34.4.